The summed E-state index contributed by atoms with van der Waals surface area (Å²) in [4.78, 5) is 23.5. The summed E-state index contributed by atoms with van der Waals surface area (Å²) in [5.41, 5.74) is 1.02. The molecule has 0 saturated carbocycles. The number of benzene rings is 1. The largest absolute Gasteiger partial charge is 0.482 e. The van der Waals surface area contributed by atoms with Crippen LogP contribution in [-0.4, -0.2) is 31.5 Å². The first kappa shape index (κ1) is 14.2. The van der Waals surface area contributed by atoms with E-state index in [2.05, 4.69) is 16.0 Å². The number of rotatable bonds is 2. The smallest absolute Gasteiger partial charge is 0.262 e. The van der Waals surface area contributed by atoms with Crippen molar-refractivity contribution in [3.63, 3.8) is 0 Å². The Morgan fingerprint density at radius 1 is 1.43 bits per heavy atom. The molecule has 3 rings (SSSR count). The number of carbonyl (C=O) groups excluding carboxylic acids is 2. The predicted molar refractivity (Wildman–Crippen MR) is 79.8 cm³/mol. The summed E-state index contributed by atoms with van der Waals surface area (Å²) in [7, 11) is 0. The van der Waals surface area contributed by atoms with E-state index < -0.39 is 0 Å². The van der Waals surface area contributed by atoms with E-state index in [1.807, 2.05) is 0 Å². The van der Waals surface area contributed by atoms with Crippen molar-refractivity contribution >= 4 is 34.8 Å². The van der Waals surface area contributed by atoms with Crippen LogP contribution in [0.15, 0.2) is 12.1 Å². The summed E-state index contributed by atoms with van der Waals surface area (Å²) in [5.74, 6) is 0.190. The number of halogens is 1. The van der Waals surface area contributed by atoms with E-state index in [0.717, 1.165) is 19.4 Å². The van der Waals surface area contributed by atoms with Crippen LogP contribution in [0.25, 0.3) is 0 Å². The van der Waals surface area contributed by atoms with Crippen LogP contribution in [-0.2, 0) is 9.59 Å². The number of fused-ring (bicyclic) bond motifs is 1. The third-order valence-electron chi connectivity index (χ3n) is 3.63. The van der Waals surface area contributed by atoms with Gasteiger partial charge in [0, 0.05) is 12.6 Å². The Morgan fingerprint density at radius 3 is 3.05 bits per heavy atom. The van der Waals surface area contributed by atoms with Crippen molar-refractivity contribution in [3.05, 3.63) is 17.2 Å². The molecule has 0 aromatic heterocycles. The fourth-order valence-corrected chi connectivity index (χ4v) is 2.72. The van der Waals surface area contributed by atoms with Crippen LogP contribution in [0, 0.1) is 5.92 Å². The molecule has 2 heterocycles. The van der Waals surface area contributed by atoms with Crippen LogP contribution >= 0.6 is 11.6 Å². The van der Waals surface area contributed by atoms with Crippen LogP contribution in [0.4, 0.5) is 11.4 Å². The molecule has 2 aliphatic heterocycles. The minimum Gasteiger partial charge on any atom is -0.482 e. The number of anilines is 2. The Morgan fingerprint density at radius 2 is 2.29 bits per heavy atom. The Kier molecular flexibility index (Phi) is 3.98. The first-order valence-corrected chi connectivity index (χ1v) is 7.29. The Balaban J connectivity index is 1.76. The summed E-state index contributed by atoms with van der Waals surface area (Å²) < 4.78 is 5.32. The van der Waals surface area contributed by atoms with E-state index in [-0.39, 0.29) is 24.3 Å². The second kappa shape index (κ2) is 5.91. The Hall–Kier alpha value is -1.79. The second-order valence-electron chi connectivity index (χ2n) is 5.20. The van der Waals surface area contributed by atoms with Gasteiger partial charge in [-0.15, -0.1) is 0 Å². The summed E-state index contributed by atoms with van der Waals surface area (Å²) in [6.45, 7) is 1.60. The molecule has 21 heavy (non-hydrogen) atoms. The number of carbonyl (C=O) groups is 2. The van der Waals surface area contributed by atoms with Gasteiger partial charge in [0.15, 0.2) is 6.61 Å². The van der Waals surface area contributed by atoms with Crippen LogP contribution < -0.4 is 20.7 Å². The molecule has 7 heteroatoms. The van der Waals surface area contributed by atoms with Gasteiger partial charge in [-0.2, -0.15) is 0 Å². The highest BCUT2D eigenvalue weighted by molar-refractivity contribution is 6.34. The molecule has 0 radical (unpaired) electrons. The fraction of sp³-hybridized carbons (Fsp3) is 0.429. The van der Waals surface area contributed by atoms with Crippen molar-refractivity contribution in [3.8, 4) is 5.75 Å². The third-order valence-corrected chi connectivity index (χ3v) is 3.94. The molecule has 1 aromatic rings. The Bertz CT molecular complexity index is 585. The highest BCUT2D eigenvalue weighted by Gasteiger charge is 2.23. The maximum absolute atomic E-state index is 12.2. The van der Waals surface area contributed by atoms with Gasteiger partial charge in [0.25, 0.3) is 5.91 Å². The molecule has 3 N–H and O–H groups in total. The Labute approximate surface area is 127 Å². The van der Waals surface area contributed by atoms with Crippen LogP contribution in [0.2, 0.25) is 5.02 Å². The quantitative estimate of drug-likeness (QED) is 0.775. The standard InChI is InChI=1S/C14H16ClN3O3/c15-9-4-11-12(21-7-13(19)17-11)5-10(9)18-14(20)8-2-1-3-16-6-8/h4-5,8,16H,1-3,6-7H2,(H,17,19)(H,18,20). The molecule has 0 spiro atoms. The van der Waals surface area contributed by atoms with Crippen LogP contribution in [0.3, 0.4) is 0 Å². The molecular formula is C14H16ClN3O3. The van der Waals surface area contributed by atoms with Crippen LogP contribution in [0.1, 0.15) is 12.8 Å². The van der Waals surface area contributed by atoms with E-state index >= 15 is 0 Å². The monoisotopic (exact) mass is 309 g/mol. The van der Waals surface area contributed by atoms with Gasteiger partial charge in [-0.1, -0.05) is 11.6 Å². The van der Waals surface area contributed by atoms with E-state index in [4.69, 9.17) is 16.3 Å². The van der Waals surface area contributed by atoms with Gasteiger partial charge >= 0.3 is 0 Å². The number of hydrogen-bond acceptors (Lipinski definition) is 4. The lowest BCUT2D eigenvalue weighted by Gasteiger charge is -2.23. The van der Waals surface area contributed by atoms with Gasteiger partial charge < -0.3 is 20.7 Å². The highest BCUT2D eigenvalue weighted by atomic mass is 35.5. The number of hydrogen-bond donors (Lipinski definition) is 3. The normalized spacial score (nSPS) is 21.0. The van der Waals surface area contributed by atoms with Crippen molar-refractivity contribution in [1.29, 1.82) is 0 Å². The maximum atomic E-state index is 12.2. The van der Waals surface area contributed by atoms with Gasteiger partial charge in [0.05, 0.1) is 22.3 Å². The van der Waals surface area contributed by atoms with Gasteiger partial charge in [-0.25, -0.2) is 0 Å². The lowest BCUT2D eigenvalue weighted by molar-refractivity contribution is -0.120. The van der Waals surface area contributed by atoms with Gasteiger partial charge in [0.1, 0.15) is 5.75 Å². The van der Waals surface area contributed by atoms with Crippen molar-refractivity contribution in [1.82, 2.24) is 5.32 Å². The molecule has 2 aliphatic rings. The summed E-state index contributed by atoms with van der Waals surface area (Å²) in [6.07, 6.45) is 1.86. The summed E-state index contributed by atoms with van der Waals surface area (Å²) >= 11 is 6.15. The van der Waals surface area contributed by atoms with Crippen molar-refractivity contribution < 1.29 is 14.3 Å². The molecule has 6 nitrogen and oxygen atoms in total. The average Bonchev–Trinajstić information content (AvgIpc) is 2.49. The first-order chi connectivity index (χ1) is 10.1. The molecule has 1 aromatic carbocycles. The molecule has 1 saturated heterocycles. The molecule has 2 amide bonds. The second-order valence-corrected chi connectivity index (χ2v) is 5.60. The third kappa shape index (κ3) is 3.11. The van der Waals surface area contributed by atoms with E-state index in [0.29, 0.717) is 28.7 Å². The van der Waals surface area contributed by atoms with Crippen molar-refractivity contribution in [2.75, 3.05) is 30.3 Å². The van der Waals surface area contributed by atoms with Crippen molar-refractivity contribution in [2.24, 2.45) is 5.92 Å². The average molecular weight is 310 g/mol. The van der Waals surface area contributed by atoms with E-state index in [1.165, 1.54) is 0 Å². The molecular weight excluding hydrogens is 294 g/mol. The topological polar surface area (TPSA) is 79.5 Å². The molecule has 112 valence electrons. The molecule has 1 unspecified atom stereocenters. The van der Waals surface area contributed by atoms with Gasteiger partial charge in [-0.05, 0) is 25.5 Å². The maximum Gasteiger partial charge on any atom is 0.262 e. The minimum atomic E-state index is -0.219. The SMILES string of the molecule is O=C1COc2cc(NC(=O)C3CCCNC3)c(Cl)cc2N1. The van der Waals surface area contributed by atoms with Gasteiger partial charge in [0.2, 0.25) is 5.91 Å². The summed E-state index contributed by atoms with van der Waals surface area (Å²) in [5, 5.41) is 9.09. The highest BCUT2D eigenvalue weighted by Crippen LogP contribution is 2.36. The fourth-order valence-electron chi connectivity index (χ4n) is 2.51. The zero-order valence-corrected chi connectivity index (χ0v) is 12.1. The molecule has 0 aliphatic carbocycles. The molecule has 1 atom stereocenters. The minimum absolute atomic E-state index is 0.0332. The molecule has 0 bridgehead atoms. The van der Waals surface area contributed by atoms with E-state index in [9.17, 15) is 9.59 Å². The first-order valence-electron chi connectivity index (χ1n) is 6.91. The number of amides is 2. The number of ether oxygens (including phenoxy) is 1. The van der Waals surface area contributed by atoms with Gasteiger partial charge in [-0.3, -0.25) is 9.59 Å². The van der Waals surface area contributed by atoms with Crippen molar-refractivity contribution in [2.45, 2.75) is 12.8 Å². The van der Waals surface area contributed by atoms with Crippen LogP contribution in [0.5, 0.6) is 5.75 Å². The predicted octanol–water partition coefficient (Wildman–Crippen LogP) is 1.61. The number of nitrogens with one attached hydrogen (secondary N) is 3. The zero-order chi connectivity index (χ0) is 14.8. The lowest BCUT2D eigenvalue weighted by atomic mass is 9.99. The zero-order valence-electron chi connectivity index (χ0n) is 11.4. The summed E-state index contributed by atoms with van der Waals surface area (Å²) in [6, 6.07) is 3.23. The number of piperidine rings is 1. The lowest BCUT2D eigenvalue weighted by Crippen LogP contribution is -2.37. The molecule has 1 fully saturated rings. The van der Waals surface area contributed by atoms with E-state index in [1.54, 1.807) is 12.1 Å².